The van der Waals surface area contributed by atoms with Crippen molar-refractivity contribution in [1.82, 2.24) is 5.32 Å². The lowest BCUT2D eigenvalue weighted by Gasteiger charge is -2.12. The van der Waals surface area contributed by atoms with Crippen LogP contribution in [0.4, 0.5) is 5.69 Å². The Bertz CT molecular complexity index is 710. The third-order valence-corrected chi connectivity index (χ3v) is 3.37. The van der Waals surface area contributed by atoms with Crippen LogP contribution in [0.5, 0.6) is 0 Å². The van der Waals surface area contributed by atoms with Gasteiger partial charge in [0.05, 0.1) is 27.2 Å². The van der Waals surface area contributed by atoms with E-state index in [2.05, 4.69) is 24.7 Å². The fourth-order valence-electron chi connectivity index (χ4n) is 2.00. The van der Waals surface area contributed by atoms with E-state index in [1.807, 2.05) is 19.1 Å². The van der Waals surface area contributed by atoms with Crippen LogP contribution in [0, 0.1) is 6.92 Å². The number of quaternary nitrogens is 1. The lowest BCUT2D eigenvalue weighted by Crippen LogP contribution is -3.06. The number of thiocarbonyl (C=S) groups is 1. The minimum Gasteiger partial charge on any atom is -0.423 e. The molecule has 0 unspecified atom stereocenters. The van der Waals surface area contributed by atoms with Crippen LogP contribution in [0.1, 0.15) is 5.56 Å². The maximum absolute atomic E-state index is 11.4. The zero-order chi connectivity index (χ0) is 15.4. The van der Waals surface area contributed by atoms with Gasteiger partial charge in [-0.3, -0.25) is 0 Å². The molecule has 0 aliphatic heterocycles. The maximum atomic E-state index is 11.4. The number of benzene rings is 1. The molecule has 3 N–H and O–H groups in total. The second-order valence-electron chi connectivity index (χ2n) is 5.30. The SMILES string of the molecule is Cc1cc(=O)oc2cc(NC(=S)NCC[NH+](C)C)ccc12. The highest BCUT2D eigenvalue weighted by Crippen LogP contribution is 2.20. The Balaban J connectivity index is 2.09. The summed E-state index contributed by atoms with van der Waals surface area (Å²) in [5.41, 5.74) is 1.92. The maximum Gasteiger partial charge on any atom is 0.336 e. The summed E-state index contributed by atoms with van der Waals surface area (Å²) in [6, 6.07) is 7.11. The summed E-state index contributed by atoms with van der Waals surface area (Å²) in [7, 11) is 4.18. The molecule has 0 bridgehead atoms. The van der Waals surface area contributed by atoms with Crippen molar-refractivity contribution < 1.29 is 9.32 Å². The fourth-order valence-corrected chi connectivity index (χ4v) is 2.22. The lowest BCUT2D eigenvalue weighted by molar-refractivity contribution is -0.856. The highest BCUT2D eigenvalue weighted by molar-refractivity contribution is 7.80. The molecule has 0 aliphatic rings. The van der Waals surface area contributed by atoms with E-state index in [0.717, 1.165) is 29.7 Å². The van der Waals surface area contributed by atoms with Gasteiger partial charge >= 0.3 is 5.63 Å². The molecule has 1 aromatic heterocycles. The predicted octanol–water partition coefficient (Wildman–Crippen LogP) is 0.532. The van der Waals surface area contributed by atoms with Gasteiger partial charge in [-0.2, -0.15) is 0 Å². The van der Waals surface area contributed by atoms with Crippen molar-refractivity contribution in [3.63, 3.8) is 0 Å². The van der Waals surface area contributed by atoms with E-state index in [9.17, 15) is 4.79 Å². The number of rotatable bonds is 4. The molecule has 0 saturated heterocycles. The molecular weight excluding hydrogens is 286 g/mol. The van der Waals surface area contributed by atoms with Gasteiger partial charge < -0.3 is 20.0 Å². The van der Waals surface area contributed by atoms with Crippen molar-refractivity contribution in [2.45, 2.75) is 6.92 Å². The second-order valence-corrected chi connectivity index (χ2v) is 5.71. The average Bonchev–Trinajstić information content (AvgIpc) is 2.37. The van der Waals surface area contributed by atoms with E-state index >= 15 is 0 Å². The molecule has 0 spiro atoms. The van der Waals surface area contributed by atoms with Gasteiger partial charge in [0.1, 0.15) is 5.58 Å². The quantitative estimate of drug-likeness (QED) is 0.568. The first kappa shape index (κ1) is 15.5. The number of hydrogen-bond donors (Lipinski definition) is 3. The summed E-state index contributed by atoms with van der Waals surface area (Å²) in [6.45, 7) is 3.67. The first-order valence-electron chi connectivity index (χ1n) is 6.84. The first-order chi connectivity index (χ1) is 9.95. The summed E-state index contributed by atoms with van der Waals surface area (Å²) < 4.78 is 5.21. The molecule has 0 atom stereocenters. The minimum atomic E-state index is -0.341. The number of hydrogen-bond acceptors (Lipinski definition) is 3. The second kappa shape index (κ2) is 6.69. The molecular formula is C15H20N3O2S+. The van der Waals surface area contributed by atoms with Crippen LogP contribution in [0.2, 0.25) is 0 Å². The highest BCUT2D eigenvalue weighted by Gasteiger charge is 2.04. The minimum absolute atomic E-state index is 0.341. The van der Waals surface area contributed by atoms with E-state index in [1.54, 1.807) is 6.07 Å². The Hall–Kier alpha value is -1.92. The molecule has 0 saturated carbocycles. The third kappa shape index (κ3) is 4.27. The van der Waals surface area contributed by atoms with Gasteiger partial charge in [-0.15, -0.1) is 0 Å². The van der Waals surface area contributed by atoms with E-state index in [-0.39, 0.29) is 5.63 Å². The Morgan fingerprint density at radius 3 is 2.81 bits per heavy atom. The standard InChI is InChI=1S/C15H19N3O2S/c1-10-8-14(19)20-13-9-11(4-5-12(10)13)17-15(21)16-6-7-18(2)3/h4-5,8-9H,6-7H2,1-3H3,(H2,16,17,21)/p+1. The van der Waals surface area contributed by atoms with Gasteiger partial charge in [0.25, 0.3) is 0 Å². The molecule has 5 nitrogen and oxygen atoms in total. The van der Waals surface area contributed by atoms with E-state index in [0.29, 0.717) is 10.7 Å². The van der Waals surface area contributed by atoms with Gasteiger partial charge in [-0.25, -0.2) is 4.79 Å². The van der Waals surface area contributed by atoms with Crippen LogP contribution in [0.25, 0.3) is 11.0 Å². The van der Waals surface area contributed by atoms with E-state index in [1.165, 1.54) is 11.0 Å². The van der Waals surface area contributed by atoms with Gasteiger partial charge in [0.2, 0.25) is 0 Å². The predicted molar refractivity (Wildman–Crippen MR) is 89.1 cm³/mol. The van der Waals surface area contributed by atoms with Gasteiger partial charge in [0, 0.05) is 23.2 Å². The number of nitrogens with one attached hydrogen (secondary N) is 3. The number of aryl methyl sites for hydroxylation is 1. The Morgan fingerprint density at radius 2 is 2.10 bits per heavy atom. The molecule has 0 aliphatic carbocycles. The van der Waals surface area contributed by atoms with Crippen molar-refractivity contribution in [1.29, 1.82) is 0 Å². The van der Waals surface area contributed by atoms with Crippen molar-refractivity contribution in [2.24, 2.45) is 0 Å². The molecule has 21 heavy (non-hydrogen) atoms. The van der Waals surface area contributed by atoms with Crippen LogP contribution in [-0.4, -0.2) is 32.3 Å². The fraction of sp³-hybridized carbons (Fsp3) is 0.333. The average molecular weight is 306 g/mol. The normalized spacial score (nSPS) is 10.9. The van der Waals surface area contributed by atoms with Gasteiger partial charge in [-0.05, 0) is 36.8 Å². The summed E-state index contributed by atoms with van der Waals surface area (Å²) >= 11 is 5.24. The van der Waals surface area contributed by atoms with Gasteiger partial charge in [-0.1, -0.05) is 0 Å². The van der Waals surface area contributed by atoms with Crippen LogP contribution in [0.15, 0.2) is 33.5 Å². The Kier molecular flexibility index (Phi) is 4.93. The summed E-state index contributed by atoms with van der Waals surface area (Å²) in [5.74, 6) is 0. The molecule has 6 heteroatoms. The summed E-state index contributed by atoms with van der Waals surface area (Å²) in [6.07, 6.45) is 0. The summed E-state index contributed by atoms with van der Waals surface area (Å²) in [4.78, 5) is 12.8. The highest BCUT2D eigenvalue weighted by atomic mass is 32.1. The lowest BCUT2D eigenvalue weighted by atomic mass is 10.1. The van der Waals surface area contributed by atoms with Crippen LogP contribution in [-0.2, 0) is 0 Å². The van der Waals surface area contributed by atoms with Crippen LogP contribution < -0.4 is 21.2 Å². The zero-order valence-electron chi connectivity index (χ0n) is 12.4. The van der Waals surface area contributed by atoms with Crippen LogP contribution >= 0.6 is 12.2 Å². The van der Waals surface area contributed by atoms with Crippen molar-refractivity contribution in [3.05, 3.63) is 40.2 Å². The largest absolute Gasteiger partial charge is 0.423 e. The third-order valence-electron chi connectivity index (χ3n) is 3.12. The van der Waals surface area contributed by atoms with Crippen molar-refractivity contribution in [2.75, 3.05) is 32.5 Å². The molecule has 112 valence electrons. The van der Waals surface area contributed by atoms with Crippen molar-refractivity contribution in [3.8, 4) is 0 Å². The molecule has 2 rings (SSSR count). The number of fused-ring (bicyclic) bond motifs is 1. The van der Waals surface area contributed by atoms with Gasteiger partial charge in [0.15, 0.2) is 5.11 Å². The monoisotopic (exact) mass is 306 g/mol. The number of likely N-dealkylation sites (N-methyl/N-ethyl adjacent to an activating group) is 1. The Morgan fingerprint density at radius 1 is 1.33 bits per heavy atom. The smallest absolute Gasteiger partial charge is 0.336 e. The van der Waals surface area contributed by atoms with E-state index < -0.39 is 0 Å². The first-order valence-corrected chi connectivity index (χ1v) is 7.25. The molecule has 1 aromatic carbocycles. The van der Waals surface area contributed by atoms with Crippen LogP contribution in [0.3, 0.4) is 0 Å². The van der Waals surface area contributed by atoms with E-state index in [4.69, 9.17) is 16.6 Å². The molecule has 0 fully saturated rings. The molecule has 0 amide bonds. The molecule has 0 radical (unpaired) electrons. The van der Waals surface area contributed by atoms with Crippen molar-refractivity contribution >= 4 is 34.0 Å². The topological polar surface area (TPSA) is 58.7 Å². The summed E-state index contributed by atoms with van der Waals surface area (Å²) in [5, 5.41) is 7.72. The molecule has 2 aromatic rings. The Labute approximate surface area is 128 Å². The zero-order valence-corrected chi connectivity index (χ0v) is 13.3. The number of anilines is 1. The molecule has 1 heterocycles.